The van der Waals surface area contributed by atoms with Gasteiger partial charge in [0.2, 0.25) is 5.78 Å². The van der Waals surface area contributed by atoms with Gasteiger partial charge in [-0.2, -0.15) is 0 Å². The molecule has 0 amide bonds. The molecule has 1 aliphatic heterocycles. The first-order chi connectivity index (χ1) is 14.6. The van der Waals surface area contributed by atoms with E-state index >= 15 is 0 Å². The third-order valence-corrected chi connectivity index (χ3v) is 4.98. The fourth-order valence-electron chi connectivity index (χ4n) is 3.30. The van der Waals surface area contributed by atoms with Crippen LogP contribution >= 0.6 is 0 Å². The summed E-state index contributed by atoms with van der Waals surface area (Å²) in [7, 11) is 3.25. The molecule has 3 aromatic rings. The first-order valence-corrected chi connectivity index (χ1v) is 9.56. The zero-order chi connectivity index (χ0) is 21.1. The maximum absolute atomic E-state index is 12.8. The predicted molar refractivity (Wildman–Crippen MR) is 114 cm³/mol. The molecule has 0 aliphatic carbocycles. The van der Waals surface area contributed by atoms with Crippen molar-refractivity contribution in [1.82, 2.24) is 0 Å². The summed E-state index contributed by atoms with van der Waals surface area (Å²) in [6, 6.07) is 18.7. The van der Waals surface area contributed by atoms with Gasteiger partial charge in [-0.25, -0.2) is 0 Å². The standard InChI is InChI=1S/C25H22O5/c1-16-22(29-15-18-5-4-6-20(13-18)28-3)12-11-21-24(26)23(30-25(16)21)14-17-7-9-19(27-2)10-8-17/h4-14H,15H2,1-3H3/b23-14-. The predicted octanol–water partition coefficient (Wildman–Crippen LogP) is 5.21. The van der Waals surface area contributed by atoms with Gasteiger partial charge < -0.3 is 18.9 Å². The van der Waals surface area contributed by atoms with Gasteiger partial charge in [-0.15, -0.1) is 0 Å². The smallest absolute Gasteiger partial charge is 0.231 e. The molecule has 0 aromatic heterocycles. The number of hydrogen-bond donors (Lipinski definition) is 0. The van der Waals surface area contributed by atoms with Crippen molar-refractivity contribution < 1.29 is 23.7 Å². The monoisotopic (exact) mass is 402 g/mol. The zero-order valence-corrected chi connectivity index (χ0v) is 17.1. The summed E-state index contributed by atoms with van der Waals surface area (Å²) in [6.07, 6.45) is 1.73. The van der Waals surface area contributed by atoms with E-state index in [9.17, 15) is 4.79 Å². The molecule has 0 unspecified atom stereocenters. The third-order valence-electron chi connectivity index (χ3n) is 4.98. The fourth-order valence-corrected chi connectivity index (χ4v) is 3.30. The minimum atomic E-state index is -0.136. The highest BCUT2D eigenvalue weighted by molar-refractivity contribution is 6.14. The van der Waals surface area contributed by atoms with E-state index in [1.165, 1.54) is 0 Å². The third kappa shape index (κ3) is 3.87. The lowest BCUT2D eigenvalue weighted by atomic mass is 10.1. The number of rotatable bonds is 6. The van der Waals surface area contributed by atoms with Gasteiger partial charge >= 0.3 is 0 Å². The molecule has 0 atom stereocenters. The molecule has 4 rings (SSSR count). The molecule has 0 saturated heterocycles. The van der Waals surface area contributed by atoms with Crippen LogP contribution in [0, 0.1) is 6.92 Å². The van der Waals surface area contributed by atoms with Crippen molar-refractivity contribution in [2.45, 2.75) is 13.5 Å². The summed E-state index contributed by atoms with van der Waals surface area (Å²) in [5.41, 5.74) is 3.19. The SMILES string of the molecule is COc1ccc(/C=C2\Oc3c(ccc(OCc4cccc(OC)c4)c3C)C2=O)cc1. The summed E-state index contributed by atoms with van der Waals surface area (Å²) >= 11 is 0. The Morgan fingerprint density at radius 2 is 1.70 bits per heavy atom. The number of benzene rings is 3. The van der Waals surface area contributed by atoms with Crippen molar-refractivity contribution in [2.75, 3.05) is 14.2 Å². The Morgan fingerprint density at radius 3 is 2.43 bits per heavy atom. The number of hydrogen-bond acceptors (Lipinski definition) is 5. The van der Waals surface area contributed by atoms with Crippen LogP contribution in [0.25, 0.3) is 6.08 Å². The molecule has 30 heavy (non-hydrogen) atoms. The van der Waals surface area contributed by atoms with E-state index in [0.29, 0.717) is 29.4 Å². The van der Waals surface area contributed by atoms with Gasteiger partial charge in [0.05, 0.1) is 19.8 Å². The largest absolute Gasteiger partial charge is 0.497 e. The van der Waals surface area contributed by atoms with Crippen LogP contribution < -0.4 is 18.9 Å². The minimum absolute atomic E-state index is 0.136. The first-order valence-electron chi connectivity index (χ1n) is 9.56. The van der Waals surface area contributed by atoms with Crippen molar-refractivity contribution in [1.29, 1.82) is 0 Å². The molecule has 0 saturated carbocycles. The number of allylic oxidation sites excluding steroid dienone is 1. The van der Waals surface area contributed by atoms with Crippen LogP contribution in [0.5, 0.6) is 23.0 Å². The van der Waals surface area contributed by atoms with E-state index in [0.717, 1.165) is 28.2 Å². The second-order valence-corrected chi connectivity index (χ2v) is 6.92. The molecule has 152 valence electrons. The Balaban J connectivity index is 1.54. The van der Waals surface area contributed by atoms with Crippen molar-refractivity contribution in [3.63, 3.8) is 0 Å². The van der Waals surface area contributed by atoms with Gasteiger partial charge in [-0.05, 0) is 60.5 Å². The van der Waals surface area contributed by atoms with Crippen LogP contribution in [0.3, 0.4) is 0 Å². The number of Topliss-reactive ketones (excluding diaryl/α,β-unsaturated/α-hetero) is 1. The van der Waals surface area contributed by atoms with Gasteiger partial charge in [0.15, 0.2) is 5.76 Å². The maximum atomic E-state index is 12.8. The second-order valence-electron chi connectivity index (χ2n) is 6.92. The molecule has 0 spiro atoms. The number of carbonyl (C=O) groups is 1. The summed E-state index contributed by atoms with van der Waals surface area (Å²) in [5, 5.41) is 0. The fraction of sp³-hybridized carbons (Fsp3) is 0.160. The quantitative estimate of drug-likeness (QED) is 0.530. The van der Waals surface area contributed by atoms with E-state index in [1.807, 2.05) is 61.5 Å². The lowest BCUT2D eigenvalue weighted by molar-refractivity contribution is 0.101. The Hall–Kier alpha value is -3.73. The van der Waals surface area contributed by atoms with Crippen LogP contribution in [-0.2, 0) is 6.61 Å². The Bertz CT molecular complexity index is 1110. The summed E-state index contributed by atoms with van der Waals surface area (Å²) in [5.74, 6) is 2.92. The van der Waals surface area contributed by atoms with Crippen molar-refractivity contribution in [3.8, 4) is 23.0 Å². The first kappa shape index (κ1) is 19.6. The average molecular weight is 402 g/mol. The number of ether oxygens (including phenoxy) is 4. The highest BCUT2D eigenvalue weighted by Gasteiger charge is 2.30. The van der Waals surface area contributed by atoms with Gasteiger partial charge in [0.1, 0.15) is 29.6 Å². The molecular formula is C25H22O5. The van der Waals surface area contributed by atoms with Crippen LogP contribution in [0.15, 0.2) is 66.4 Å². The number of fused-ring (bicyclic) bond motifs is 1. The van der Waals surface area contributed by atoms with Gasteiger partial charge in [0.25, 0.3) is 0 Å². The minimum Gasteiger partial charge on any atom is -0.497 e. The van der Waals surface area contributed by atoms with Crippen LogP contribution in [-0.4, -0.2) is 20.0 Å². The summed E-state index contributed by atoms with van der Waals surface area (Å²) < 4.78 is 22.3. The molecule has 1 aliphatic rings. The number of ketones is 1. The normalized spacial score (nSPS) is 13.7. The molecule has 0 fully saturated rings. The van der Waals surface area contributed by atoms with Gasteiger partial charge in [-0.3, -0.25) is 4.79 Å². The Labute approximate surface area is 175 Å². The average Bonchev–Trinajstić information content (AvgIpc) is 3.10. The lowest BCUT2D eigenvalue weighted by Crippen LogP contribution is -1.99. The highest BCUT2D eigenvalue weighted by Crippen LogP contribution is 2.39. The van der Waals surface area contributed by atoms with Gasteiger partial charge in [-0.1, -0.05) is 24.3 Å². The zero-order valence-electron chi connectivity index (χ0n) is 17.1. The van der Waals surface area contributed by atoms with E-state index in [4.69, 9.17) is 18.9 Å². The van der Waals surface area contributed by atoms with Crippen LogP contribution in [0.4, 0.5) is 0 Å². The van der Waals surface area contributed by atoms with E-state index in [-0.39, 0.29) is 5.78 Å². The molecule has 1 heterocycles. The maximum Gasteiger partial charge on any atom is 0.231 e. The van der Waals surface area contributed by atoms with Crippen molar-refractivity contribution in [3.05, 3.63) is 88.7 Å². The van der Waals surface area contributed by atoms with Crippen molar-refractivity contribution >= 4 is 11.9 Å². The van der Waals surface area contributed by atoms with Gasteiger partial charge in [0, 0.05) is 5.56 Å². The van der Waals surface area contributed by atoms with E-state index < -0.39 is 0 Å². The Kier molecular flexibility index (Phi) is 5.44. The Morgan fingerprint density at radius 1 is 0.933 bits per heavy atom. The molecule has 0 radical (unpaired) electrons. The van der Waals surface area contributed by atoms with E-state index in [2.05, 4.69) is 0 Å². The molecule has 5 nitrogen and oxygen atoms in total. The van der Waals surface area contributed by atoms with Crippen molar-refractivity contribution in [2.24, 2.45) is 0 Å². The number of carbonyl (C=O) groups excluding carboxylic acids is 1. The van der Waals surface area contributed by atoms with E-state index in [1.54, 1.807) is 26.4 Å². The molecule has 0 bridgehead atoms. The molecule has 3 aromatic carbocycles. The number of methoxy groups -OCH3 is 2. The molecule has 0 N–H and O–H groups in total. The summed E-state index contributed by atoms with van der Waals surface area (Å²) in [6.45, 7) is 2.28. The molecular weight excluding hydrogens is 380 g/mol. The second kappa shape index (κ2) is 8.33. The molecule has 5 heteroatoms. The van der Waals surface area contributed by atoms with Crippen LogP contribution in [0.2, 0.25) is 0 Å². The topological polar surface area (TPSA) is 54.0 Å². The lowest BCUT2D eigenvalue weighted by Gasteiger charge is -2.12. The highest BCUT2D eigenvalue weighted by atomic mass is 16.5. The van der Waals surface area contributed by atoms with Crippen LogP contribution in [0.1, 0.15) is 27.0 Å². The summed E-state index contributed by atoms with van der Waals surface area (Å²) in [4.78, 5) is 12.8.